The molecule has 1 amide bonds. The van der Waals surface area contributed by atoms with Crippen molar-refractivity contribution in [2.24, 2.45) is 0 Å². The summed E-state index contributed by atoms with van der Waals surface area (Å²) >= 11 is 0. The Bertz CT molecular complexity index is 852. The van der Waals surface area contributed by atoms with Crippen LogP contribution in [-0.4, -0.2) is 51.2 Å². The van der Waals surface area contributed by atoms with Crippen molar-refractivity contribution in [2.45, 2.75) is 6.42 Å². The van der Waals surface area contributed by atoms with Gasteiger partial charge in [-0.15, -0.1) is 5.10 Å². The smallest absolute Gasteiger partial charge is 0.226 e. The van der Waals surface area contributed by atoms with Crippen LogP contribution in [0.5, 0.6) is 5.75 Å². The molecular formula is C18H18FN5O2. The largest absolute Gasteiger partial charge is 0.489 e. The zero-order chi connectivity index (χ0) is 18.4. The van der Waals surface area contributed by atoms with E-state index in [1.165, 1.54) is 17.1 Å². The molecule has 0 saturated heterocycles. The van der Waals surface area contributed by atoms with Crippen LogP contribution in [0.4, 0.5) is 4.39 Å². The zero-order valence-corrected chi connectivity index (χ0v) is 14.2. The maximum atomic E-state index is 13.5. The third-order valence-corrected chi connectivity index (χ3v) is 3.85. The van der Waals surface area contributed by atoms with E-state index in [2.05, 4.69) is 15.5 Å². The van der Waals surface area contributed by atoms with E-state index in [1.807, 2.05) is 24.3 Å². The summed E-state index contributed by atoms with van der Waals surface area (Å²) in [5.41, 5.74) is 1.70. The predicted molar refractivity (Wildman–Crippen MR) is 92.4 cm³/mol. The highest BCUT2D eigenvalue weighted by molar-refractivity contribution is 5.78. The molecule has 3 rings (SSSR count). The van der Waals surface area contributed by atoms with E-state index < -0.39 is 5.82 Å². The molecule has 0 spiro atoms. The van der Waals surface area contributed by atoms with E-state index in [0.717, 1.165) is 11.3 Å². The Hall–Kier alpha value is -3.29. The Morgan fingerprint density at radius 3 is 2.65 bits per heavy atom. The number of para-hydroxylation sites is 1. The first-order valence-electron chi connectivity index (χ1n) is 8.07. The average Bonchev–Trinajstić information content (AvgIpc) is 3.18. The van der Waals surface area contributed by atoms with Crippen molar-refractivity contribution in [3.05, 3.63) is 66.2 Å². The van der Waals surface area contributed by atoms with Gasteiger partial charge in [-0.05, 0) is 40.3 Å². The maximum absolute atomic E-state index is 13.5. The quantitative estimate of drug-likeness (QED) is 0.647. The number of hydrogen-bond acceptors (Lipinski definition) is 5. The lowest BCUT2D eigenvalue weighted by Gasteiger charge is -2.17. The highest BCUT2D eigenvalue weighted by Crippen LogP contribution is 2.15. The molecule has 3 aromatic rings. The number of aromatic nitrogens is 4. The number of amides is 1. The van der Waals surface area contributed by atoms with Crippen LogP contribution < -0.4 is 4.74 Å². The Labute approximate surface area is 150 Å². The summed E-state index contributed by atoms with van der Waals surface area (Å²) in [6.45, 7) is 0.595. The lowest BCUT2D eigenvalue weighted by molar-refractivity contribution is -0.129. The van der Waals surface area contributed by atoms with Crippen LogP contribution in [0.15, 0.2) is 54.9 Å². The second kappa shape index (κ2) is 8.19. The molecule has 0 radical (unpaired) electrons. The minimum absolute atomic E-state index is 0.0442. The van der Waals surface area contributed by atoms with E-state index >= 15 is 0 Å². The number of rotatable bonds is 7. The summed E-state index contributed by atoms with van der Waals surface area (Å²) in [7, 11) is 1.70. The van der Waals surface area contributed by atoms with Gasteiger partial charge in [0.05, 0.1) is 18.7 Å². The molecular weight excluding hydrogens is 337 g/mol. The number of carbonyl (C=O) groups is 1. The summed E-state index contributed by atoms with van der Waals surface area (Å²) in [4.78, 5) is 13.9. The Kier molecular flexibility index (Phi) is 5.52. The third kappa shape index (κ3) is 4.41. The number of likely N-dealkylation sites (N-methyl/N-ethyl adjacent to an activating group) is 1. The number of halogens is 1. The number of hydrogen-bond donors (Lipinski definition) is 0. The second-order valence-electron chi connectivity index (χ2n) is 5.69. The molecule has 0 aliphatic rings. The molecule has 8 heteroatoms. The van der Waals surface area contributed by atoms with Gasteiger partial charge in [0.2, 0.25) is 5.91 Å². The van der Waals surface area contributed by atoms with Crippen LogP contribution in [0.1, 0.15) is 5.56 Å². The lowest BCUT2D eigenvalue weighted by Crippen LogP contribution is -2.32. The van der Waals surface area contributed by atoms with Gasteiger partial charge >= 0.3 is 0 Å². The summed E-state index contributed by atoms with van der Waals surface area (Å²) in [5, 5.41) is 11.0. The first-order valence-corrected chi connectivity index (χ1v) is 8.07. The standard InChI is InChI=1S/C18H18FN5O2/c1-23(10-11-26-17-5-3-2-4-16(17)19)18(25)12-14-6-8-15(9-7-14)24-13-20-21-22-24/h2-9,13H,10-12H2,1H3. The summed E-state index contributed by atoms with van der Waals surface area (Å²) < 4.78 is 20.4. The second-order valence-corrected chi connectivity index (χ2v) is 5.69. The molecule has 0 unspecified atom stereocenters. The number of benzene rings is 2. The van der Waals surface area contributed by atoms with Crippen LogP contribution in [0.25, 0.3) is 5.69 Å². The van der Waals surface area contributed by atoms with Crippen LogP contribution in [0.3, 0.4) is 0 Å². The van der Waals surface area contributed by atoms with E-state index in [9.17, 15) is 9.18 Å². The normalized spacial score (nSPS) is 10.5. The number of tetrazole rings is 1. The first-order chi connectivity index (χ1) is 12.6. The molecule has 0 N–H and O–H groups in total. The molecule has 1 heterocycles. The molecule has 134 valence electrons. The molecule has 2 aromatic carbocycles. The van der Waals surface area contributed by atoms with Gasteiger partial charge in [0.25, 0.3) is 0 Å². The van der Waals surface area contributed by atoms with Crippen molar-refractivity contribution in [2.75, 3.05) is 20.2 Å². The minimum Gasteiger partial charge on any atom is -0.489 e. The molecule has 1 aromatic heterocycles. The highest BCUT2D eigenvalue weighted by atomic mass is 19.1. The van der Waals surface area contributed by atoms with Crippen LogP contribution >= 0.6 is 0 Å². The fourth-order valence-corrected chi connectivity index (χ4v) is 2.33. The lowest BCUT2D eigenvalue weighted by atomic mass is 10.1. The monoisotopic (exact) mass is 355 g/mol. The Morgan fingerprint density at radius 2 is 1.96 bits per heavy atom. The fraction of sp³-hybridized carbons (Fsp3) is 0.222. The van der Waals surface area contributed by atoms with Crippen molar-refractivity contribution in [1.29, 1.82) is 0 Å². The topological polar surface area (TPSA) is 73.1 Å². The van der Waals surface area contributed by atoms with Crippen molar-refractivity contribution in [3.8, 4) is 11.4 Å². The van der Waals surface area contributed by atoms with Crippen molar-refractivity contribution in [3.63, 3.8) is 0 Å². The van der Waals surface area contributed by atoms with Gasteiger partial charge in [0.1, 0.15) is 12.9 Å². The van der Waals surface area contributed by atoms with E-state index in [4.69, 9.17) is 4.74 Å². The van der Waals surface area contributed by atoms with Crippen LogP contribution in [-0.2, 0) is 11.2 Å². The number of carbonyl (C=O) groups excluding carboxylic acids is 1. The molecule has 0 atom stereocenters. The first kappa shape index (κ1) is 17.5. The Balaban J connectivity index is 1.48. The summed E-state index contributed by atoms with van der Waals surface area (Å²) in [6.07, 6.45) is 1.77. The van der Waals surface area contributed by atoms with Gasteiger partial charge in [-0.3, -0.25) is 4.79 Å². The maximum Gasteiger partial charge on any atom is 0.226 e. The predicted octanol–water partition coefficient (Wildman–Crippen LogP) is 1.88. The molecule has 0 saturated carbocycles. The molecule has 26 heavy (non-hydrogen) atoms. The Morgan fingerprint density at radius 1 is 1.19 bits per heavy atom. The SMILES string of the molecule is CN(CCOc1ccccc1F)C(=O)Cc1ccc(-n2cnnn2)cc1. The van der Waals surface area contributed by atoms with E-state index in [0.29, 0.717) is 6.54 Å². The minimum atomic E-state index is -0.413. The van der Waals surface area contributed by atoms with E-state index in [1.54, 1.807) is 30.1 Å². The number of ether oxygens (including phenoxy) is 1. The van der Waals surface area contributed by atoms with Gasteiger partial charge in [-0.1, -0.05) is 24.3 Å². The third-order valence-electron chi connectivity index (χ3n) is 3.85. The van der Waals surface area contributed by atoms with Crippen molar-refractivity contribution >= 4 is 5.91 Å². The van der Waals surface area contributed by atoms with Gasteiger partial charge in [0, 0.05) is 7.05 Å². The van der Waals surface area contributed by atoms with Gasteiger partial charge < -0.3 is 9.64 Å². The number of nitrogens with zero attached hydrogens (tertiary/aromatic N) is 5. The summed E-state index contributed by atoms with van der Waals surface area (Å²) in [5.74, 6) is -0.270. The molecule has 0 bridgehead atoms. The highest BCUT2D eigenvalue weighted by Gasteiger charge is 2.11. The zero-order valence-electron chi connectivity index (χ0n) is 14.2. The van der Waals surface area contributed by atoms with Gasteiger partial charge in [0.15, 0.2) is 11.6 Å². The molecule has 7 nitrogen and oxygen atoms in total. The van der Waals surface area contributed by atoms with Gasteiger partial charge in [-0.2, -0.15) is 0 Å². The summed E-state index contributed by atoms with van der Waals surface area (Å²) in [6, 6.07) is 13.6. The fourth-order valence-electron chi connectivity index (χ4n) is 2.33. The molecule has 0 aliphatic carbocycles. The van der Waals surface area contributed by atoms with E-state index in [-0.39, 0.29) is 24.7 Å². The average molecular weight is 355 g/mol. The van der Waals surface area contributed by atoms with Crippen molar-refractivity contribution in [1.82, 2.24) is 25.1 Å². The molecule has 0 aliphatic heterocycles. The van der Waals surface area contributed by atoms with Crippen LogP contribution in [0.2, 0.25) is 0 Å². The van der Waals surface area contributed by atoms with Crippen LogP contribution in [0, 0.1) is 5.82 Å². The van der Waals surface area contributed by atoms with Crippen molar-refractivity contribution < 1.29 is 13.9 Å². The van der Waals surface area contributed by atoms with Gasteiger partial charge in [-0.25, -0.2) is 9.07 Å². The molecule has 0 fully saturated rings.